The van der Waals surface area contributed by atoms with Crippen LogP contribution >= 0.6 is 0 Å². The molecule has 2 heterocycles. The van der Waals surface area contributed by atoms with E-state index in [4.69, 9.17) is 4.74 Å². The largest absolute Gasteiger partial charge is 0.434 e. The summed E-state index contributed by atoms with van der Waals surface area (Å²) < 4.78 is 5.43. The van der Waals surface area contributed by atoms with Crippen molar-refractivity contribution in [1.82, 2.24) is 4.90 Å². The average Bonchev–Trinajstić information content (AvgIpc) is 2.98. The van der Waals surface area contributed by atoms with E-state index in [1.165, 1.54) is 28.1 Å². The standard InChI is InChI=1S/C15H22N2O/c1-16-8-7-14-12(4-3-5-15(14)16)10-17-9-6-13(11-17)18-2/h3-5,13,16H,1,6-11H2,2H3/t13-/m0/s1. The van der Waals surface area contributed by atoms with Crippen LogP contribution < -0.4 is 4.90 Å². The van der Waals surface area contributed by atoms with Gasteiger partial charge in [0.2, 0.25) is 0 Å². The SMILES string of the molecule is [CH2-][NH+]1CCc2c(CN3CC[C@H](OC)C3)cccc21. The minimum absolute atomic E-state index is 0.428. The lowest BCUT2D eigenvalue weighted by Crippen LogP contribution is -3.00. The van der Waals surface area contributed by atoms with Gasteiger partial charge in [-0.25, -0.2) is 0 Å². The van der Waals surface area contributed by atoms with Crippen LogP contribution in [0, 0.1) is 7.05 Å². The van der Waals surface area contributed by atoms with Crippen molar-refractivity contribution in [2.75, 3.05) is 26.7 Å². The zero-order chi connectivity index (χ0) is 12.5. The number of quaternary nitrogens is 1. The summed E-state index contributed by atoms with van der Waals surface area (Å²) in [5.74, 6) is 0. The fourth-order valence-corrected chi connectivity index (χ4v) is 3.19. The highest BCUT2D eigenvalue weighted by atomic mass is 16.5. The Morgan fingerprint density at radius 1 is 1.50 bits per heavy atom. The smallest absolute Gasteiger partial charge is 0.108 e. The highest BCUT2D eigenvalue weighted by molar-refractivity contribution is 5.47. The van der Waals surface area contributed by atoms with Crippen LogP contribution in [0.2, 0.25) is 0 Å². The van der Waals surface area contributed by atoms with Crippen molar-refractivity contribution in [1.29, 1.82) is 0 Å². The summed E-state index contributed by atoms with van der Waals surface area (Å²) in [7, 11) is 5.98. The third-order valence-electron chi connectivity index (χ3n) is 4.29. The van der Waals surface area contributed by atoms with E-state index in [2.05, 4.69) is 30.1 Å². The quantitative estimate of drug-likeness (QED) is 0.794. The minimum atomic E-state index is 0.428. The highest BCUT2D eigenvalue weighted by Gasteiger charge is 2.25. The monoisotopic (exact) mass is 246 g/mol. The molecule has 3 rings (SSSR count). The Balaban J connectivity index is 1.74. The summed E-state index contributed by atoms with van der Waals surface area (Å²) in [5, 5.41) is 0. The van der Waals surface area contributed by atoms with Crippen LogP contribution in [0.25, 0.3) is 0 Å². The van der Waals surface area contributed by atoms with Crippen molar-refractivity contribution in [2.45, 2.75) is 25.5 Å². The molecular weight excluding hydrogens is 224 g/mol. The molecule has 0 aliphatic carbocycles. The molecule has 1 fully saturated rings. The predicted octanol–water partition coefficient (Wildman–Crippen LogP) is 0.771. The summed E-state index contributed by atoms with van der Waals surface area (Å²) in [4.78, 5) is 3.81. The first-order valence-electron chi connectivity index (χ1n) is 6.82. The summed E-state index contributed by atoms with van der Waals surface area (Å²) >= 11 is 0. The van der Waals surface area contributed by atoms with Crippen molar-refractivity contribution in [3.8, 4) is 0 Å². The van der Waals surface area contributed by atoms with Crippen LogP contribution in [0.4, 0.5) is 5.69 Å². The number of hydrogen-bond acceptors (Lipinski definition) is 2. The highest BCUT2D eigenvalue weighted by Crippen LogP contribution is 2.24. The molecule has 0 spiro atoms. The van der Waals surface area contributed by atoms with Crippen molar-refractivity contribution in [2.24, 2.45) is 0 Å². The number of fused-ring (bicyclic) bond motifs is 1. The molecule has 0 radical (unpaired) electrons. The van der Waals surface area contributed by atoms with Gasteiger partial charge in [-0.15, -0.1) is 7.05 Å². The van der Waals surface area contributed by atoms with Gasteiger partial charge in [0.1, 0.15) is 5.69 Å². The normalized spacial score (nSPS) is 27.7. The van der Waals surface area contributed by atoms with Gasteiger partial charge in [-0.2, -0.15) is 0 Å². The van der Waals surface area contributed by atoms with Gasteiger partial charge in [0.15, 0.2) is 0 Å². The maximum Gasteiger partial charge on any atom is 0.108 e. The van der Waals surface area contributed by atoms with Crippen molar-refractivity contribution >= 4 is 5.69 Å². The molecule has 2 atom stereocenters. The molecule has 0 bridgehead atoms. The molecule has 3 heteroatoms. The number of nitrogens with zero attached hydrogens (tertiary/aromatic N) is 1. The number of ether oxygens (including phenoxy) is 1. The predicted molar refractivity (Wildman–Crippen MR) is 71.7 cm³/mol. The zero-order valence-electron chi connectivity index (χ0n) is 11.1. The molecule has 2 aliphatic rings. The van der Waals surface area contributed by atoms with E-state index in [9.17, 15) is 0 Å². The van der Waals surface area contributed by atoms with Gasteiger partial charge in [-0.3, -0.25) is 4.90 Å². The number of hydrogen-bond donors (Lipinski definition) is 1. The maximum atomic E-state index is 5.43. The molecule has 18 heavy (non-hydrogen) atoms. The summed E-state index contributed by atoms with van der Waals surface area (Å²) in [6, 6.07) is 6.67. The summed E-state index contributed by atoms with van der Waals surface area (Å²) in [6.07, 6.45) is 2.76. The second-order valence-electron chi connectivity index (χ2n) is 5.43. The molecular formula is C15H22N2O. The van der Waals surface area contributed by atoms with Gasteiger partial charge in [0.25, 0.3) is 0 Å². The van der Waals surface area contributed by atoms with E-state index in [-0.39, 0.29) is 0 Å². The van der Waals surface area contributed by atoms with E-state index in [1.807, 2.05) is 7.11 Å². The third kappa shape index (κ3) is 2.18. The number of rotatable bonds is 3. The first-order chi connectivity index (χ1) is 8.78. The van der Waals surface area contributed by atoms with Gasteiger partial charge in [0, 0.05) is 38.7 Å². The molecule has 0 amide bonds. The molecule has 1 saturated heterocycles. The van der Waals surface area contributed by atoms with Crippen LogP contribution in [-0.2, 0) is 17.7 Å². The van der Waals surface area contributed by atoms with Crippen LogP contribution in [0.1, 0.15) is 17.5 Å². The first kappa shape index (κ1) is 12.2. The molecule has 2 aliphatic heterocycles. The molecule has 3 nitrogen and oxygen atoms in total. The lowest BCUT2D eigenvalue weighted by molar-refractivity contribution is -0.775. The lowest BCUT2D eigenvalue weighted by atomic mass is 10.0. The molecule has 0 saturated carbocycles. The van der Waals surface area contributed by atoms with Crippen LogP contribution in [-0.4, -0.2) is 37.7 Å². The van der Waals surface area contributed by atoms with E-state index < -0.39 is 0 Å². The second kappa shape index (κ2) is 5.00. The number of methoxy groups -OCH3 is 1. The fraction of sp³-hybridized carbons (Fsp3) is 0.533. The van der Waals surface area contributed by atoms with E-state index in [1.54, 1.807) is 0 Å². The Morgan fingerprint density at radius 3 is 3.17 bits per heavy atom. The van der Waals surface area contributed by atoms with E-state index in [0.717, 1.165) is 32.6 Å². The van der Waals surface area contributed by atoms with Crippen molar-refractivity contribution in [3.05, 3.63) is 36.4 Å². The molecule has 98 valence electrons. The van der Waals surface area contributed by atoms with Gasteiger partial charge in [0.05, 0.1) is 12.6 Å². The van der Waals surface area contributed by atoms with Crippen LogP contribution in [0.5, 0.6) is 0 Å². The summed E-state index contributed by atoms with van der Waals surface area (Å²) in [5.41, 5.74) is 4.42. The van der Waals surface area contributed by atoms with Gasteiger partial charge in [-0.1, -0.05) is 12.1 Å². The topological polar surface area (TPSA) is 16.9 Å². The van der Waals surface area contributed by atoms with Gasteiger partial charge >= 0.3 is 0 Å². The number of benzene rings is 1. The van der Waals surface area contributed by atoms with Gasteiger partial charge < -0.3 is 9.64 Å². The van der Waals surface area contributed by atoms with Gasteiger partial charge in [-0.05, 0) is 18.1 Å². The zero-order valence-corrected chi connectivity index (χ0v) is 11.1. The lowest BCUT2D eigenvalue weighted by Gasteiger charge is -2.18. The Labute approximate surface area is 109 Å². The average molecular weight is 246 g/mol. The van der Waals surface area contributed by atoms with Crippen LogP contribution in [0.15, 0.2) is 18.2 Å². The summed E-state index contributed by atoms with van der Waals surface area (Å²) in [6.45, 7) is 4.42. The van der Waals surface area contributed by atoms with E-state index in [0.29, 0.717) is 6.10 Å². The molecule has 1 aromatic carbocycles. The first-order valence-corrected chi connectivity index (χ1v) is 6.82. The number of likely N-dealkylation sites (tertiary alicyclic amines) is 1. The fourth-order valence-electron chi connectivity index (χ4n) is 3.19. The Morgan fingerprint density at radius 2 is 2.39 bits per heavy atom. The number of nitrogens with one attached hydrogen (secondary N) is 1. The molecule has 1 aromatic rings. The van der Waals surface area contributed by atoms with Crippen molar-refractivity contribution in [3.63, 3.8) is 0 Å². The molecule has 0 aromatic heterocycles. The Hall–Kier alpha value is -0.900. The van der Waals surface area contributed by atoms with Crippen LogP contribution in [0.3, 0.4) is 0 Å². The van der Waals surface area contributed by atoms with Crippen molar-refractivity contribution < 1.29 is 9.64 Å². The minimum Gasteiger partial charge on any atom is -0.434 e. The van der Waals surface area contributed by atoms with E-state index >= 15 is 0 Å². The third-order valence-corrected chi connectivity index (χ3v) is 4.29. The Kier molecular flexibility index (Phi) is 3.37. The Bertz CT molecular complexity index is 433. The second-order valence-corrected chi connectivity index (χ2v) is 5.43. The molecule has 1 N–H and O–H groups in total. The maximum absolute atomic E-state index is 5.43. The molecule has 1 unspecified atom stereocenters.